The van der Waals surface area contributed by atoms with E-state index in [0.717, 1.165) is 56.8 Å². The number of aryl methyl sites for hydroxylation is 2. The Morgan fingerprint density at radius 1 is 0.886 bits per heavy atom. The van der Waals surface area contributed by atoms with E-state index >= 15 is 0 Å². The van der Waals surface area contributed by atoms with E-state index in [-0.39, 0.29) is 11.8 Å². The number of anilines is 2. The van der Waals surface area contributed by atoms with Gasteiger partial charge in [-0.15, -0.1) is 0 Å². The van der Waals surface area contributed by atoms with Crippen molar-refractivity contribution < 1.29 is 13.2 Å². The number of piperidine rings is 1. The van der Waals surface area contributed by atoms with Gasteiger partial charge in [0.1, 0.15) is 0 Å². The lowest BCUT2D eigenvalue weighted by molar-refractivity contribution is -0.120. The van der Waals surface area contributed by atoms with E-state index in [1.807, 2.05) is 30.3 Å². The van der Waals surface area contributed by atoms with Crippen LogP contribution < -0.4 is 10.2 Å². The fourth-order valence-electron chi connectivity index (χ4n) is 5.51. The monoisotopic (exact) mass is 496 g/mol. The molecule has 0 spiro atoms. The average molecular weight is 497 g/mol. The molecule has 0 saturated carbocycles. The van der Waals surface area contributed by atoms with Crippen LogP contribution in [0.3, 0.4) is 0 Å². The Balaban J connectivity index is 1.21. The highest BCUT2D eigenvalue weighted by atomic mass is 32.2. The number of carbonyl (C=O) groups excluding carboxylic acids is 1. The molecular weight excluding hydrogens is 460 g/mol. The van der Waals surface area contributed by atoms with E-state index in [1.165, 1.54) is 17.5 Å². The summed E-state index contributed by atoms with van der Waals surface area (Å²) in [6.45, 7) is 4.61. The molecule has 2 aromatic carbocycles. The molecule has 0 atom stereocenters. The van der Waals surface area contributed by atoms with E-state index in [1.54, 1.807) is 10.4 Å². The maximum absolute atomic E-state index is 13.3. The zero-order chi connectivity index (χ0) is 24.4. The Labute approximate surface area is 209 Å². The van der Waals surface area contributed by atoms with Gasteiger partial charge in [0.15, 0.2) is 0 Å². The highest BCUT2D eigenvalue weighted by Crippen LogP contribution is 2.30. The number of likely N-dealkylation sites (N-methyl/N-ethyl adjacent to an activating group) is 1. The van der Waals surface area contributed by atoms with E-state index < -0.39 is 10.0 Å². The lowest BCUT2D eigenvalue weighted by atomic mass is 9.92. The van der Waals surface area contributed by atoms with Gasteiger partial charge in [0.05, 0.1) is 16.3 Å². The first-order valence-electron chi connectivity index (χ1n) is 12.9. The zero-order valence-electron chi connectivity index (χ0n) is 20.6. The van der Waals surface area contributed by atoms with Crippen LogP contribution in [-0.2, 0) is 27.7 Å². The first kappa shape index (κ1) is 24.3. The molecule has 0 bridgehead atoms. The molecule has 2 heterocycles. The zero-order valence-corrected chi connectivity index (χ0v) is 21.4. The van der Waals surface area contributed by atoms with E-state index in [4.69, 9.17) is 0 Å². The number of amides is 1. The predicted molar refractivity (Wildman–Crippen MR) is 139 cm³/mol. The van der Waals surface area contributed by atoms with Gasteiger partial charge in [-0.05, 0) is 81.0 Å². The van der Waals surface area contributed by atoms with E-state index in [2.05, 4.69) is 28.2 Å². The molecule has 0 aromatic heterocycles. The van der Waals surface area contributed by atoms with Crippen LogP contribution in [0.5, 0.6) is 0 Å². The summed E-state index contributed by atoms with van der Waals surface area (Å²) < 4.78 is 28.2. The molecule has 8 heteroatoms. The number of piperazine rings is 1. The Morgan fingerprint density at radius 3 is 2.31 bits per heavy atom. The number of sulfonamides is 1. The maximum atomic E-state index is 13.3. The largest absolute Gasteiger partial charge is 0.367 e. The summed E-state index contributed by atoms with van der Waals surface area (Å²) >= 11 is 0. The van der Waals surface area contributed by atoms with Crippen LogP contribution in [-0.4, -0.2) is 69.8 Å². The second-order valence-electron chi connectivity index (χ2n) is 10.1. The van der Waals surface area contributed by atoms with Crippen molar-refractivity contribution in [1.82, 2.24) is 9.21 Å². The van der Waals surface area contributed by atoms with Crippen molar-refractivity contribution in [3.63, 3.8) is 0 Å². The van der Waals surface area contributed by atoms with Crippen molar-refractivity contribution in [3.8, 4) is 0 Å². The van der Waals surface area contributed by atoms with E-state index in [9.17, 15) is 13.2 Å². The maximum Gasteiger partial charge on any atom is 0.243 e. The van der Waals surface area contributed by atoms with Gasteiger partial charge in [-0.1, -0.05) is 18.2 Å². The minimum atomic E-state index is -3.54. The fraction of sp³-hybridized carbons (Fsp3) is 0.519. The third kappa shape index (κ3) is 5.25. The predicted octanol–water partition coefficient (Wildman–Crippen LogP) is 3.36. The molecule has 1 N–H and O–H groups in total. The fourth-order valence-corrected chi connectivity index (χ4v) is 7.04. The summed E-state index contributed by atoms with van der Waals surface area (Å²) in [5.41, 5.74) is 4.35. The molecular formula is C27H36N4O3S. The molecule has 0 radical (unpaired) electrons. The van der Waals surface area contributed by atoms with Crippen molar-refractivity contribution >= 4 is 27.3 Å². The van der Waals surface area contributed by atoms with Gasteiger partial charge in [-0.2, -0.15) is 4.31 Å². The summed E-state index contributed by atoms with van der Waals surface area (Å²) in [5, 5.41) is 3.15. The number of carbonyl (C=O) groups is 1. The van der Waals surface area contributed by atoms with Gasteiger partial charge in [0.2, 0.25) is 15.9 Å². The number of nitrogens with one attached hydrogen (secondary N) is 1. The van der Waals surface area contributed by atoms with Crippen molar-refractivity contribution in [2.24, 2.45) is 5.92 Å². The summed E-state index contributed by atoms with van der Waals surface area (Å²) in [6.07, 6.45) is 5.35. The van der Waals surface area contributed by atoms with Crippen LogP contribution in [0, 0.1) is 5.92 Å². The second kappa shape index (κ2) is 10.3. The van der Waals surface area contributed by atoms with Crippen LogP contribution in [0.4, 0.5) is 11.4 Å². The number of benzene rings is 2. The number of hydrogen-bond donors (Lipinski definition) is 1. The molecule has 3 aliphatic rings. The Bertz CT molecular complexity index is 1170. The number of rotatable bonds is 5. The minimum Gasteiger partial charge on any atom is -0.367 e. The first-order valence-corrected chi connectivity index (χ1v) is 14.3. The van der Waals surface area contributed by atoms with Gasteiger partial charge in [0.25, 0.3) is 0 Å². The van der Waals surface area contributed by atoms with Gasteiger partial charge in [0, 0.05) is 45.2 Å². The summed E-state index contributed by atoms with van der Waals surface area (Å²) in [7, 11) is -1.41. The number of fused-ring (bicyclic) bond motifs is 1. The molecule has 1 aliphatic carbocycles. The SMILES string of the molecule is CN1CCN(c2ccccc2NC(=O)C2CCN(S(=O)(=O)c3ccc4c(c3)CCCC4)CC2)CC1. The van der Waals surface area contributed by atoms with Crippen molar-refractivity contribution in [2.75, 3.05) is 56.5 Å². The molecule has 5 rings (SSSR count). The molecule has 2 aliphatic heterocycles. The quantitative estimate of drug-likeness (QED) is 0.687. The first-order chi connectivity index (χ1) is 16.9. The van der Waals surface area contributed by atoms with E-state index in [0.29, 0.717) is 30.8 Å². The Hall–Kier alpha value is -2.42. The average Bonchev–Trinajstić information content (AvgIpc) is 2.89. The molecule has 2 saturated heterocycles. The third-order valence-electron chi connectivity index (χ3n) is 7.79. The summed E-state index contributed by atoms with van der Waals surface area (Å²) in [6, 6.07) is 13.6. The number of nitrogens with zero attached hydrogens (tertiary/aromatic N) is 3. The van der Waals surface area contributed by atoms with Gasteiger partial charge in [-0.3, -0.25) is 4.79 Å². The number of para-hydroxylation sites is 2. The van der Waals surface area contributed by atoms with Crippen molar-refractivity contribution in [3.05, 3.63) is 53.6 Å². The molecule has 0 unspecified atom stereocenters. The highest BCUT2D eigenvalue weighted by Gasteiger charge is 2.33. The molecule has 2 fully saturated rings. The van der Waals surface area contributed by atoms with Crippen LogP contribution in [0.15, 0.2) is 47.4 Å². The number of hydrogen-bond acceptors (Lipinski definition) is 5. The molecule has 2 aromatic rings. The summed E-state index contributed by atoms with van der Waals surface area (Å²) in [4.78, 5) is 18.2. The van der Waals surface area contributed by atoms with Crippen LogP contribution >= 0.6 is 0 Å². The molecule has 188 valence electrons. The highest BCUT2D eigenvalue weighted by molar-refractivity contribution is 7.89. The van der Waals surface area contributed by atoms with Gasteiger partial charge >= 0.3 is 0 Å². The Kier molecular flexibility index (Phi) is 7.14. The molecule has 7 nitrogen and oxygen atoms in total. The Morgan fingerprint density at radius 2 is 1.57 bits per heavy atom. The smallest absolute Gasteiger partial charge is 0.243 e. The van der Waals surface area contributed by atoms with Crippen molar-refractivity contribution in [1.29, 1.82) is 0 Å². The van der Waals surface area contributed by atoms with Gasteiger partial charge in [-0.25, -0.2) is 8.42 Å². The topological polar surface area (TPSA) is 73.0 Å². The molecule has 35 heavy (non-hydrogen) atoms. The van der Waals surface area contributed by atoms with Crippen LogP contribution in [0.1, 0.15) is 36.8 Å². The lowest BCUT2D eigenvalue weighted by Gasteiger charge is -2.35. The van der Waals surface area contributed by atoms with Crippen LogP contribution in [0.2, 0.25) is 0 Å². The second-order valence-corrected chi connectivity index (χ2v) is 12.1. The van der Waals surface area contributed by atoms with Gasteiger partial charge < -0.3 is 15.1 Å². The normalized spacial score (nSPS) is 20.4. The molecule has 1 amide bonds. The van der Waals surface area contributed by atoms with Crippen LogP contribution in [0.25, 0.3) is 0 Å². The summed E-state index contributed by atoms with van der Waals surface area (Å²) in [5.74, 6) is -0.206. The lowest BCUT2D eigenvalue weighted by Crippen LogP contribution is -2.45. The third-order valence-corrected chi connectivity index (χ3v) is 9.68. The minimum absolute atomic E-state index is 0.0163. The van der Waals surface area contributed by atoms with Crippen molar-refractivity contribution in [2.45, 2.75) is 43.4 Å². The standard InChI is InChI=1S/C27H36N4O3S/c1-29-16-18-30(19-17-29)26-9-5-4-8-25(26)28-27(32)22-12-14-31(15-13-22)35(33,34)24-11-10-21-6-2-3-7-23(21)20-24/h4-5,8-11,20,22H,2-3,6-7,12-19H2,1H3,(H,28,32).